The van der Waals surface area contributed by atoms with Crippen LogP contribution in [0.25, 0.3) is 10.8 Å². The van der Waals surface area contributed by atoms with Crippen molar-refractivity contribution in [3.8, 4) is 5.75 Å². The van der Waals surface area contributed by atoms with Crippen LogP contribution in [-0.4, -0.2) is 23.6 Å². The van der Waals surface area contributed by atoms with Crippen LogP contribution in [0.2, 0.25) is 0 Å². The zero-order valence-electron chi connectivity index (χ0n) is 14.6. The van der Waals surface area contributed by atoms with Crippen LogP contribution in [0.1, 0.15) is 21.5 Å². The Balaban J connectivity index is 1.68. The summed E-state index contributed by atoms with van der Waals surface area (Å²) in [6.45, 7) is 3.43. The molecule has 5 heteroatoms. The molecule has 3 aromatic rings. The highest BCUT2D eigenvalue weighted by Crippen LogP contribution is 2.29. The van der Waals surface area contributed by atoms with Crippen LogP contribution >= 0.6 is 0 Å². The first kappa shape index (κ1) is 17.5. The number of esters is 1. The number of ether oxygens (including phenoxy) is 1. The lowest BCUT2D eigenvalue weighted by molar-refractivity contribution is -0.119. The Morgan fingerprint density at radius 1 is 1.00 bits per heavy atom. The summed E-state index contributed by atoms with van der Waals surface area (Å²) in [6, 6.07) is 16.0. The van der Waals surface area contributed by atoms with Gasteiger partial charge < -0.3 is 15.2 Å². The number of aromatic hydroxyl groups is 1. The first-order valence-corrected chi connectivity index (χ1v) is 8.21. The molecule has 3 rings (SSSR count). The van der Waals surface area contributed by atoms with Gasteiger partial charge in [-0.2, -0.15) is 0 Å². The Morgan fingerprint density at radius 2 is 1.77 bits per heavy atom. The van der Waals surface area contributed by atoms with Crippen molar-refractivity contribution in [1.82, 2.24) is 0 Å². The van der Waals surface area contributed by atoms with E-state index in [1.165, 1.54) is 6.07 Å². The van der Waals surface area contributed by atoms with E-state index in [0.717, 1.165) is 16.5 Å². The van der Waals surface area contributed by atoms with E-state index in [0.29, 0.717) is 11.1 Å². The molecule has 3 aromatic carbocycles. The van der Waals surface area contributed by atoms with E-state index in [9.17, 15) is 14.7 Å². The average molecular weight is 349 g/mol. The number of carbonyl (C=O) groups is 2. The number of benzene rings is 3. The lowest BCUT2D eigenvalue weighted by Gasteiger charge is -2.11. The van der Waals surface area contributed by atoms with Crippen LogP contribution in [0.4, 0.5) is 5.69 Å². The molecular formula is C21H19NO4. The third-order valence-electron chi connectivity index (χ3n) is 4.33. The van der Waals surface area contributed by atoms with Crippen molar-refractivity contribution < 1.29 is 19.4 Å². The molecule has 0 aromatic heterocycles. The summed E-state index contributed by atoms with van der Waals surface area (Å²) in [4.78, 5) is 24.3. The van der Waals surface area contributed by atoms with Crippen LogP contribution < -0.4 is 5.32 Å². The van der Waals surface area contributed by atoms with Crippen LogP contribution in [0.15, 0.2) is 54.6 Å². The van der Waals surface area contributed by atoms with E-state index in [1.54, 1.807) is 24.3 Å². The maximum absolute atomic E-state index is 12.2. The van der Waals surface area contributed by atoms with Gasteiger partial charge in [0.25, 0.3) is 5.91 Å². The molecule has 2 N–H and O–H groups in total. The summed E-state index contributed by atoms with van der Waals surface area (Å²) in [5, 5.41) is 14.4. The average Bonchev–Trinajstić information content (AvgIpc) is 2.64. The fourth-order valence-corrected chi connectivity index (χ4v) is 2.70. The molecule has 0 radical (unpaired) electrons. The number of aryl methyl sites for hydroxylation is 1. The number of phenols is 1. The number of anilines is 1. The molecule has 0 fully saturated rings. The van der Waals surface area contributed by atoms with E-state index in [1.807, 2.05) is 38.1 Å². The zero-order valence-corrected chi connectivity index (χ0v) is 14.6. The highest BCUT2D eigenvalue weighted by Gasteiger charge is 2.16. The molecule has 0 saturated heterocycles. The van der Waals surface area contributed by atoms with Gasteiger partial charge in [0.15, 0.2) is 6.61 Å². The first-order chi connectivity index (χ1) is 12.5. The number of hydrogen-bond acceptors (Lipinski definition) is 4. The maximum atomic E-state index is 12.2. The van der Waals surface area contributed by atoms with E-state index in [2.05, 4.69) is 5.32 Å². The molecule has 0 aliphatic heterocycles. The van der Waals surface area contributed by atoms with Gasteiger partial charge in [0.1, 0.15) is 11.3 Å². The lowest BCUT2D eigenvalue weighted by Crippen LogP contribution is -2.21. The molecule has 5 nitrogen and oxygen atoms in total. The summed E-state index contributed by atoms with van der Waals surface area (Å²) in [5.41, 5.74) is 2.73. The standard InChI is InChI=1S/C21H19NO4/c1-13-6-5-9-18(14(13)2)22-19(23)12-26-21(25)17-11-10-15-7-3-4-8-16(15)20(17)24/h3-11,24H,12H2,1-2H3,(H,22,23). The smallest absolute Gasteiger partial charge is 0.342 e. The quantitative estimate of drug-likeness (QED) is 0.699. The number of rotatable bonds is 4. The fraction of sp³-hybridized carbons (Fsp3) is 0.143. The minimum Gasteiger partial charge on any atom is -0.506 e. The molecule has 132 valence electrons. The second kappa shape index (κ2) is 7.27. The van der Waals surface area contributed by atoms with Crippen LogP contribution in [0.5, 0.6) is 5.75 Å². The third kappa shape index (κ3) is 3.52. The minimum absolute atomic E-state index is 0.0308. The number of amides is 1. The first-order valence-electron chi connectivity index (χ1n) is 8.21. The van der Waals surface area contributed by atoms with Gasteiger partial charge in [0, 0.05) is 11.1 Å². The topological polar surface area (TPSA) is 75.6 Å². The molecule has 0 heterocycles. The van der Waals surface area contributed by atoms with E-state index in [4.69, 9.17) is 4.74 Å². The van der Waals surface area contributed by atoms with Crippen molar-refractivity contribution in [3.05, 3.63) is 71.3 Å². The molecule has 26 heavy (non-hydrogen) atoms. The lowest BCUT2D eigenvalue weighted by atomic mass is 10.1. The molecule has 0 aliphatic carbocycles. The summed E-state index contributed by atoms with van der Waals surface area (Å²) in [6.07, 6.45) is 0. The molecule has 0 atom stereocenters. The second-order valence-corrected chi connectivity index (χ2v) is 6.05. The SMILES string of the molecule is Cc1cccc(NC(=O)COC(=O)c2ccc3ccccc3c2O)c1C. The zero-order chi connectivity index (χ0) is 18.7. The van der Waals surface area contributed by atoms with Gasteiger partial charge in [-0.05, 0) is 42.5 Å². The molecular weight excluding hydrogens is 330 g/mol. The fourth-order valence-electron chi connectivity index (χ4n) is 2.70. The van der Waals surface area contributed by atoms with Gasteiger partial charge in [-0.15, -0.1) is 0 Å². The highest BCUT2D eigenvalue weighted by atomic mass is 16.5. The Morgan fingerprint density at radius 3 is 2.58 bits per heavy atom. The van der Waals surface area contributed by atoms with Crippen molar-refractivity contribution in [2.24, 2.45) is 0 Å². The normalized spacial score (nSPS) is 10.5. The molecule has 0 aliphatic rings. The summed E-state index contributed by atoms with van der Waals surface area (Å²) in [5.74, 6) is -1.33. The van der Waals surface area contributed by atoms with Gasteiger partial charge in [-0.3, -0.25) is 4.79 Å². The molecule has 0 spiro atoms. The van der Waals surface area contributed by atoms with E-state index >= 15 is 0 Å². The van der Waals surface area contributed by atoms with Crippen LogP contribution in [0, 0.1) is 13.8 Å². The number of carbonyl (C=O) groups excluding carboxylic acids is 2. The highest BCUT2D eigenvalue weighted by molar-refractivity contribution is 6.02. The predicted molar refractivity (Wildman–Crippen MR) is 100 cm³/mol. The maximum Gasteiger partial charge on any atom is 0.342 e. The van der Waals surface area contributed by atoms with Crippen LogP contribution in [-0.2, 0) is 9.53 Å². The molecule has 1 amide bonds. The van der Waals surface area contributed by atoms with Crippen molar-refractivity contribution in [2.75, 3.05) is 11.9 Å². The van der Waals surface area contributed by atoms with Gasteiger partial charge in [-0.1, -0.05) is 42.5 Å². The molecule has 0 bridgehead atoms. The van der Waals surface area contributed by atoms with E-state index in [-0.39, 0.29) is 11.3 Å². The van der Waals surface area contributed by atoms with Gasteiger partial charge in [0.2, 0.25) is 0 Å². The Hall–Kier alpha value is -3.34. The Labute approximate surface area is 151 Å². The molecule has 0 saturated carbocycles. The summed E-state index contributed by atoms with van der Waals surface area (Å²) in [7, 11) is 0. The Bertz CT molecular complexity index is 994. The van der Waals surface area contributed by atoms with E-state index < -0.39 is 18.5 Å². The Kier molecular flexibility index (Phi) is 4.89. The van der Waals surface area contributed by atoms with Gasteiger partial charge in [-0.25, -0.2) is 4.79 Å². The third-order valence-corrected chi connectivity index (χ3v) is 4.33. The predicted octanol–water partition coefficient (Wildman–Crippen LogP) is 3.96. The summed E-state index contributed by atoms with van der Waals surface area (Å²) < 4.78 is 5.05. The number of hydrogen-bond donors (Lipinski definition) is 2. The molecule has 0 unspecified atom stereocenters. The minimum atomic E-state index is -0.746. The van der Waals surface area contributed by atoms with Crippen molar-refractivity contribution in [2.45, 2.75) is 13.8 Å². The van der Waals surface area contributed by atoms with Crippen molar-refractivity contribution >= 4 is 28.3 Å². The largest absolute Gasteiger partial charge is 0.506 e. The van der Waals surface area contributed by atoms with Crippen LogP contribution in [0.3, 0.4) is 0 Å². The number of fused-ring (bicyclic) bond motifs is 1. The van der Waals surface area contributed by atoms with Gasteiger partial charge in [0.05, 0.1) is 0 Å². The number of phenolic OH excluding ortho intramolecular Hbond substituents is 1. The van der Waals surface area contributed by atoms with Crippen molar-refractivity contribution in [1.29, 1.82) is 0 Å². The number of nitrogens with one attached hydrogen (secondary N) is 1. The van der Waals surface area contributed by atoms with Crippen molar-refractivity contribution in [3.63, 3.8) is 0 Å². The van der Waals surface area contributed by atoms with Gasteiger partial charge >= 0.3 is 5.97 Å². The monoisotopic (exact) mass is 349 g/mol. The second-order valence-electron chi connectivity index (χ2n) is 6.05. The summed E-state index contributed by atoms with van der Waals surface area (Å²) >= 11 is 0.